The Bertz CT molecular complexity index is 347. The smallest absolute Gasteiger partial charge is 0.119 e. The van der Waals surface area contributed by atoms with E-state index in [-0.39, 0.29) is 12.0 Å². The molecule has 82 valence electrons. The molecular weight excluding hydrogens is 190 g/mol. The van der Waals surface area contributed by atoms with Crippen molar-refractivity contribution in [1.29, 1.82) is 0 Å². The highest BCUT2D eigenvalue weighted by Crippen LogP contribution is 2.58. The molecule has 0 saturated heterocycles. The van der Waals surface area contributed by atoms with Crippen LogP contribution in [-0.2, 0) is 0 Å². The lowest BCUT2D eigenvalue weighted by molar-refractivity contribution is 0.211. The number of nitrogens with two attached hydrogens (primary N) is 1. The average molecular weight is 207 g/mol. The fourth-order valence-electron chi connectivity index (χ4n) is 2.14. The van der Waals surface area contributed by atoms with Crippen molar-refractivity contribution in [3.8, 4) is 5.75 Å². The maximum absolute atomic E-state index is 9.30. The molecule has 2 atom stereocenters. The van der Waals surface area contributed by atoms with E-state index in [1.165, 1.54) is 5.56 Å². The van der Waals surface area contributed by atoms with Gasteiger partial charge in [-0.25, -0.2) is 0 Å². The number of aliphatic hydroxyl groups is 1. The minimum Gasteiger partial charge on any atom is -0.497 e. The van der Waals surface area contributed by atoms with Crippen LogP contribution in [-0.4, -0.2) is 25.4 Å². The van der Waals surface area contributed by atoms with Gasteiger partial charge in [0.15, 0.2) is 0 Å². The molecule has 15 heavy (non-hydrogen) atoms. The first-order chi connectivity index (χ1) is 7.25. The van der Waals surface area contributed by atoms with E-state index in [4.69, 9.17) is 10.5 Å². The third-order valence-electron chi connectivity index (χ3n) is 3.41. The molecule has 1 aromatic carbocycles. The topological polar surface area (TPSA) is 55.5 Å². The van der Waals surface area contributed by atoms with Crippen LogP contribution in [0.5, 0.6) is 5.75 Å². The van der Waals surface area contributed by atoms with Crippen LogP contribution in [0.1, 0.15) is 17.9 Å². The number of methoxy groups -OCH3 is 1. The lowest BCUT2D eigenvalue weighted by atomic mass is 10.00. The van der Waals surface area contributed by atoms with E-state index < -0.39 is 0 Å². The molecule has 2 rings (SSSR count). The first kappa shape index (κ1) is 10.5. The number of ether oxygens (including phenoxy) is 1. The predicted octanol–water partition coefficient (Wildman–Crippen LogP) is 1.12. The first-order valence-electron chi connectivity index (χ1n) is 5.20. The summed E-state index contributed by atoms with van der Waals surface area (Å²) in [4.78, 5) is 0. The van der Waals surface area contributed by atoms with Crippen LogP contribution >= 0.6 is 0 Å². The van der Waals surface area contributed by atoms with Gasteiger partial charge in [0.25, 0.3) is 0 Å². The van der Waals surface area contributed by atoms with Gasteiger partial charge in [0.05, 0.1) is 13.7 Å². The zero-order chi connectivity index (χ0) is 10.9. The molecule has 1 fully saturated rings. The van der Waals surface area contributed by atoms with Crippen molar-refractivity contribution in [3.05, 3.63) is 29.8 Å². The molecule has 0 spiro atoms. The van der Waals surface area contributed by atoms with Gasteiger partial charge < -0.3 is 15.6 Å². The van der Waals surface area contributed by atoms with Gasteiger partial charge in [-0.2, -0.15) is 0 Å². The third kappa shape index (κ3) is 1.73. The van der Waals surface area contributed by atoms with Crippen molar-refractivity contribution in [3.63, 3.8) is 0 Å². The Hall–Kier alpha value is -1.06. The van der Waals surface area contributed by atoms with Crippen molar-refractivity contribution < 1.29 is 9.84 Å². The van der Waals surface area contributed by atoms with Crippen LogP contribution in [0, 0.1) is 5.41 Å². The molecule has 1 aliphatic rings. The fourth-order valence-corrected chi connectivity index (χ4v) is 2.14. The lowest BCUT2D eigenvalue weighted by Crippen LogP contribution is -2.21. The van der Waals surface area contributed by atoms with Gasteiger partial charge in [0.1, 0.15) is 5.75 Å². The SMILES string of the molecule is COc1cccc([C@H]2C[C@]2(CN)CO)c1. The Morgan fingerprint density at radius 3 is 2.93 bits per heavy atom. The molecule has 0 unspecified atom stereocenters. The van der Waals surface area contributed by atoms with Crippen LogP contribution in [0.15, 0.2) is 24.3 Å². The van der Waals surface area contributed by atoms with Crippen LogP contribution in [0.25, 0.3) is 0 Å². The van der Waals surface area contributed by atoms with Gasteiger partial charge in [0.2, 0.25) is 0 Å². The quantitative estimate of drug-likeness (QED) is 0.778. The minimum absolute atomic E-state index is 0.0770. The number of benzene rings is 1. The van der Waals surface area contributed by atoms with Crippen molar-refractivity contribution in [2.24, 2.45) is 11.1 Å². The van der Waals surface area contributed by atoms with E-state index in [0.29, 0.717) is 12.5 Å². The van der Waals surface area contributed by atoms with Gasteiger partial charge in [-0.3, -0.25) is 0 Å². The first-order valence-corrected chi connectivity index (χ1v) is 5.20. The molecule has 0 amide bonds. The largest absolute Gasteiger partial charge is 0.497 e. The van der Waals surface area contributed by atoms with Gasteiger partial charge in [0, 0.05) is 12.0 Å². The molecule has 0 aliphatic heterocycles. The van der Waals surface area contributed by atoms with E-state index >= 15 is 0 Å². The molecule has 1 saturated carbocycles. The molecular formula is C12H17NO2. The average Bonchev–Trinajstić information content (AvgIpc) is 3.04. The summed E-state index contributed by atoms with van der Waals surface area (Å²) in [6.07, 6.45) is 0.979. The molecule has 3 nitrogen and oxygen atoms in total. The van der Waals surface area contributed by atoms with Crippen LogP contribution < -0.4 is 10.5 Å². The number of aliphatic hydroxyl groups excluding tert-OH is 1. The van der Waals surface area contributed by atoms with Crippen LogP contribution in [0.2, 0.25) is 0 Å². The summed E-state index contributed by atoms with van der Waals surface area (Å²) in [5, 5.41) is 9.30. The summed E-state index contributed by atoms with van der Waals surface area (Å²) in [5.74, 6) is 1.26. The Morgan fingerprint density at radius 2 is 2.40 bits per heavy atom. The Kier molecular flexibility index (Phi) is 2.67. The van der Waals surface area contributed by atoms with E-state index in [1.807, 2.05) is 18.2 Å². The molecule has 0 bridgehead atoms. The second-order valence-electron chi connectivity index (χ2n) is 4.26. The highest BCUT2D eigenvalue weighted by Gasteiger charge is 2.53. The highest BCUT2D eigenvalue weighted by atomic mass is 16.5. The minimum atomic E-state index is -0.0770. The fraction of sp³-hybridized carbons (Fsp3) is 0.500. The van der Waals surface area contributed by atoms with Gasteiger partial charge in [-0.15, -0.1) is 0 Å². The molecule has 3 heteroatoms. The zero-order valence-electron chi connectivity index (χ0n) is 8.94. The molecule has 0 radical (unpaired) electrons. The van der Waals surface area contributed by atoms with E-state index in [2.05, 4.69) is 6.07 Å². The molecule has 3 N–H and O–H groups in total. The predicted molar refractivity (Wildman–Crippen MR) is 58.9 cm³/mol. The summed E-state index contributed by atoms with van der Waals surface area (Å²) < 4.78 is 5.17. The monoisotopic (exact) mass is 207 g/mol. The lowest BCUT2D eigenvalue weighted by Gasteiger charge is -2.11. The molecule has 0 aromatic heterocycles. The van der Waals surface area contributed by atoms with Crippen LogP contribution in [0.4, 0.5) is 0 Å². The van der Waals surface area contributed by atoms with E-state index in [9.17, 15) is 5.11 Å². The van der Waals surface area contributed by atoms with Gasteiger partial charge in [-0.05, 0) is 30.0 Å². The summed E-state index contributed by atoms with van der Waals surface area (Å²) >= 11 is 0. The van der Waals surface area contributed by atoms with Crippen molar-refractivity contribution in [1.82, 2.24) is 0 Å². The zero-order valence-corrected chi connectivity index (χ0v) is 8.94. The molecule has 1 aromatic rings. The van der Waals surface area contributed by atoms with Crippen molar-refractivity contribution in [2.75, 3.05) is 20.3 Å². The number of rotatable bonds is 4. The Morgan fingerprint density at radius 1 is 1.60 bits per heavy atom. The second-order valence-corrected chi connectivity index (χ2v) is 4.26. The highest BCUT2D eigenvalue weighted by molar-refractivity contribution is 5.36. The number of hydrogen-bond donors (Lipinski definition) is 2. The standard InChI is InChI=1S/C12H17NO2/c1-15-10-4-2-3-9(5-10)11-6-12(11,7-13)8-14/h2-5,11,14H,6-8,13H2,1H3/t11-,12+/m1/s1. The molecule has 1 aliphatic carbocycles. The van der Waals surface area contributed by atoms with E-state index in [0.717, 1.165) is 12.2 Å². The van der Waals surface area contributed by atoms with Crippen molar-refractivity contribution >= 4 is 0 Å². The maximum atomic E-state index is 9.30. The Labute approximate surface area is 89.9 Å². The van der Waals surface area contributed by atoms with Gasteiger partial charge >= 0.3 is 0 Å². The van der Waals surface area contributed by atoms with E-state index in [1.54, 1.807) is 7.11 Å². The third-order valence-corrected chi connectivity index (χ3v) is 3.41. The molecule has 0 heterocycles. The maximum Gasteiger partial charge on any atom is 0.119 e. The second kappa shape index (κ2) is 3.83. The Balaban J connectivity index is 2.18. The van der Waals surface area contributed by atoms with Crippen molar-refractivity contribution in [2.45, 2.75) is 12.3 Å². The summed E-state index contributed by atoms with van der Waals surface area (Å²) in [6.45, 7) is 0.719. The normalized spacial score (nSPS) is 28.9. The number of hydrogen-bond acceptors (Lipinski definition) is 3. The van der Waals surface area contributed by atoms with Crippen LogP contribution in [0.3, 0.4) is 0 Å². The van der Waals surface area contributed by atoms with Gasteiger partial charge in [-0.1, -0.05) is 12.1 Å². The summed E-state index contributed by atoms with van der Waals surface area (Å²) in [5.41, 5.74) is 6.83. The summed E-state index contributed by atoms with van der Waals surface area (Å²) in [7, 11) is 1.66. The summed E-state index contributed by atoms with van der Waals surface area (Å²) in [6, 6.07) is 8.00.